The highest BCUT2D eigenvalue weighted by Gasteiger charge is 2.37. The highest BCUT2D eigenvalue weighted by molar-refractivity contribution is 9.09. The van der Waals surface area contributed by atoms with Crippen molar-refractivity contribution in [3.63, 3.8) is 0 Å². The molecule has 3 nitrogen and oxygen atoms in total. The fourth-order valence-corrected chi connectivity index (χ4v) is 3.82. The molecule has 1 aliphatic heterocycles. The van der Waals surface area contributed by atoms with E-state index >= 15 is 0 Å². The summed E-state index contributed by atoms with van der Waals surface area (Å²) in [5.41, 5.74) is 0. The predicted octanol–water partition coefficient (Wildman–Crippen LogP) is 2.58. The Labute approximate surface area is 112 Å². The lowest BCUT2D eigenvalue weighted by molar-refractivity contribution is -0.143. The minimum atomic E-state index is -0.207. The van der Waals surface area contributed by atoms with Crippen LogP contribution in [0.25, 0.3) is 0 Å². The van der Waals surface area contributed by atoms with Gasteiger partial charge in [-0.05, 0) is 25.2 Å². The summed E-state index contributed by atoms with van der Waals surface area (Å²) in [5, 5.41) is 0. The maximum absolute atomic E-state index is 12.4. The van der Waals surface area contributed by atoms with Crippen molar-refractivity contribution in [2.75, 3.05) is 13.7 Å². The lowest BCUT2D eigenvalue weighted by Crippen LogP contribution is -2.48. The summed E-state index contributed by atoms with van der Waals surface area (Å²) in [4.78, 5) is 14.7. The number of ether oxygens (including phenoxy) is 1. The van der Waals surface area contributed by atoms with E-state index in [0.29, 0.717) is 16.8 Å². The molecule has 0 bridgehead atoms. The zero-order chi connectivity index (χ0) is 12.4. The van der Waals surface area contributed by atoms with Crippen LogP contribution < -0.4 is 0 Å². The van der Waals surface area contributed by atoms with Crippen LogP contribution in [0.5, 0.6) is 0 Å². The second kappa shape index (κ2) is 5.70. The van der Waals surface area contributed by atoms with Crippen molar-refractivity contribution in [3.8, 4) is 0 Å². The molecule has 0 aromatic heterocycles. The Balaban J connectivity index is 1.98. The van der Waals surface area contributed by atoms with Crippen molar-refractivity contribution in [3.05, 3.63) is 0 Å². The first-order valence-electron chi connectivity index (χ1n) is 6.63. The van der Waals surface area contributed by atoms with E-state index in [9.17, 15) is 4.79 Å². The van der Waals surface area contributed by atoms with E-state index < -0.39 is 0 Å². The van der Waals surface area contributed by atoms with Crippen molar-refractivity contribution in [2.45, 2.75) is 56.0 Å². The molecule has 0 aromatic carbocycles. The summed E-state index contributed by atoms with van der Waals surface area (Å²) in [6, 6.07) is 0.340. The molecule has 4 atom stereocenters. The van der Waals surface area contributed by atoms with Crippen molar-refractivity contribution < 1.29 is 9.53 Å². The predicted molar refractivity (Wildman–Crippen MR) is 71.3 cm³/mol. The van der Waals surface area contributed by atoms with Crippen molar-refractivity contribution in [1.82, 2.24) is 4.90 Å². The molecule has 1 aliphatic carbocycles. The molecule has 98 valence electrons. The Morgan fingerprint density at radius 3 is 2.59 bits per heavy atom. The Morgan fingerprint density at radius 1 is 1.29 bits per heavy atom. The van der Waals surface area contributed by atoms with E-state index in [1.807, 2.05) is 11.9 Å². The monoisotopic (exact) mass is 303 g/mol. The van der Waals surface area contributed by atoms with Crippen LogP contribution in [0, 0.1) is 5.92 Å². The first-order valence-corrected chi connectivity index (χ1v) is 7.55. The van der Waals surface area contributed by atoms with Crippen LogP contribution in [0.1, 0.15) is 39.0 Å². The van der Waals surface area contributed by atoms with Gasteiger partial charge in [-0.2, -0.15) is 0 Å². The van der Waals surface area contributed by atoms with Gasteiger partial charge in [0.25, 0.3) is 5.91 Å². The fraction of sp³-hybridized carbons (Fsp3) is 0.923. The van der Waals surface area contributed by atoms with Gasteiger partial charge in [0.05, 0.1) is 0 Å². The van der Waals surface area contributed by atoms with Crippen LogP contribution in [0.15, 0.2) is 0 Å². The fourth-order valence-electron chi connectivity index (χ4n) is 2.88. The summed E-state index contributed by atoms with van der Waals surface area (Å²) in [5.74, 6) is 0.536. The van der Waals surface area contributed by atoms with Crippen LogP contribution in [0.2, 0.25) is 0 Å². The number of halogens is 1. The summed E-state index contributed by atoms with van der Waals surface area (Å²) in [6.45, 7) is 2.84. The van der Waals surface area contributed by atoms with Crippen molar-refractivity contribution in [1.29, 1.82) is 0 Å². The summed E-state index contributed by atoms with van der Waals surface area (Å²) in [7, 11) is 1.93. The van der Waals surface area contributed by atoms with Gasteiger partial charge in [-0.25, -0.2) is 0 Å². The molecule has 1 heterocycles. The molecule has 4 unspecified atom stereocenters. The van der Waals surface area contributed by atoms with E-state index in [0.717, 1.165) is 19.4 Å². The Hall–Kier alpha value is -0.0900. The van der Waals surface area contributed by atoms with Gasteiger partial charge in [0.1, 0.15) is 6.10 Å². The minimum Gasteiger partial charge on any atom is -0.368 e. The van der Waals surface area contributed by atoms with Gasteiger partial charge in [0.2, 0.25) is 0 Å². The van der Waals surface area contributed by atoms with Crippen LogP contribution in [0.3, 0.4) is 0 Å². The highest BCUT2D eigenvalue weighted by Crippen LogP contribution is 2.30. The quantitative estimate of drug-likeness (QED) is 0.734. The molecular weight excluding hydrogens is 282 g/mol. The van der Waals surface area contributed by atoms with Gasteiger partial charge in [-0.15, -0.1) is 0 Å². The van der Waals surface area contributed by atoms with Gasteiger partial charge in [0.15, 0.2) is 0 Å². The summed E-state index contributed by atoms with van der Waals surface area (Å²) < 4.78 is 5.57. The van der Waals surface area contributed by atoms with Crippen molar-refractivity contribution in [2.24, 2.45) is 5.92 Å². The van der Waals surface area contributed by atoms with Crippen LogP contribution >= 0.6 is 15.9 Å². The van der Waals surface area contributed by atoms with Gasteiger partial charge < -0.3 is 9.64 Å². The number of likely N-dealkylation sites (N-methyl/N-ethyl adjacent to an activating group) is 1. The molecule has 0 N–H and O–H groups in total. The first-order chi connectivity index (χ1) is 8.11. The number of amides is 1. The van der Waals surface area contributed by atoms with Crippen LogP contribution in [-0.2, 0) is 9.53 Å². The first kappa shape index (κ1) is 13.3. The maximum atomic E-state index is 12.4. The molecule has 17 heavy (non-hydrogen) atoms. The number of alkyl halides is 1. The SMILES string of the molecule is CC1CCOC1C(=O)N(C)C1CCCCC1Br. The van der Waals surface area contributed by atoms with Gasteiger partial charge >= 0.3 is 0 Å². The molecular formula is C13H22BrNO2. The molecule has 2 aliphatic rings. The molecule has 1 amide bonds. The number of hydrogen-bond acceptors (Lipinski definition) is 2. The summed E-state index contributed by atoms with van der Waals surface area (Å²) >= 11 is 3.71. The van der Waals surface area contributed by atoms with E-state index in [2.05, 4.69) is 22.9 Å². The smallest absolute Gasteiger partial charge is 0.252 e. The average molecular weight is 304 g/mol. The lowest BCUT2D eigenvalue weighted by atomic mass is 9.93. The van der Waals surface area contributed by atoms with E-state index in [-0.39, 0.29) is 12.0 Å². The Kier molecular flexibility index (Phi) is 4.47. The van der Waals surface area contributed by atoms with Crippen LogP contribution in [0.4, 0.5) is 0 Å². The minimum absolute atomic E-state index is 0.173. The lowest BCUT2D eigenvalue weighted by Gasteiger charge is -2.36. The maximum Gasteiger partial charge on any atom is 0.252 e. The highest BCUT2D eigenvalue weighted by atomic mass is 79.9. The van der Waals surface area contributed by atoms with E-state index in [4.69, 9.17) is 4.74 Å². The van der Waals surface area contributed by atoms with Gasteiger partial charge in [0, 0.05) is 24.5 Å². The number of rotatable bonds is 2. The Bertz CT molecular complexity index is 285. The molecule has 0 spiro atoms. The summed E-state index contributed by atoms with van der Waals surface area (Å²) in [6.07, 6.45) is 5.58. The molecule has 1 saturated carbocycles. The van der Waals surface area contributed by atoms with E-state index in [1.165, 1.54) is 19.3 Å². The molecule has 2 fully saturated rings. The van der Waals surface area contributed by atoms with E-state index in [1.54, 1.807) is 0 Å². The van der Waals surface area contributed by atoms with Crippen LogP contribution in [-0.4, -0.2) is 41.4 Å². The van der Waals surface area contributed by atoms with Crippen molar-refractivity contribution >= 4 is 21.8 Å². The number of carbonyl (C=O) groups is 1. The zero-order valence-corrected chi connectivity index (χ0v) is 12.3. The molecule has 1 saturated heterocycles. The second-order valence-electron chi connectivity index (χ2n) is 5.37. The molecule has 2 rings (SSSR count). The van der Waals surface area contributed by atoms with Gasteiger partial charge in [-0.3, -0.25) is 4.79 Å². The molecule has 0 aromatic rings. The number of carbonyl (C=O) groups excluding carboxylic acids is 1. The normalized spacial score (nSPS) is 38.1. The number of hydrogen-bond donors (Lipinski definition) is 0. The third-order valence-corrected chi connectivity index (χ3v) is 5.19. The third-order valence-electron chi connectivity index (χ3n) is 4.12. The Morgan fingerprint density at radius 2 is 2.00 bits per heavy atom. The number of nitrogens with zero attached hydrogens (tertiary/aromatic N) is 1. The largest absolute Gasteiger partial charge is 0.368 e. The molecule has 4 heteroatoms. The molecule has 0 radical (unpaired) electrons. The average Bonchev–Trinajstić information content (AvgIpc) is 2.74. The van der Waals surface area contributed by atoms with Gasteiger partial charge in [-0.1, -0.05) is 35.7 Å². The second-order valence-corrected chi connectivity index (χ2v) is 6.55. The zero-order valence-electron chi connectivity index (χ0n) is 10.7. The topological polar surface area (TPSA) is 29.5 Å². The third kappa shape index (κ3) is 2.84. The standard InChI is InChI=1S/C13H22BrNO2/c1-9-7-8-17-12(9)13(16)15(2)11-6-4-3-5-10(11)14/h9-12H,3-8H2,1-2H3.